The van der Waals surface area contributed by atoms with Crippen LogP contribution in [0.15, 0.2) is 36.5 Å². The van der Waals surface area contributed by atoms with Crippen molar-refractivity contribution < 1.29 is 4.74 Å². The van der Waals surface area contributed by atoms with E-state index in [0.29, 0.717) is 12.6 Å². The van der Waals surface area contributed by atoms with Gasteiger partial charge in [-0.05, 0) is 25.5 Å². The van der Waals surface area contributed by atoms with Crippen LogP contribution in [0.2, 0.25) is 0 Å². The van der Waals surface area contributed by atoms with Crippen LogP contribution in [0.25, 0.3) is 10.9 Å². The Bertz CT molecular complexity index is 583. The average molecular weight is 362 g/mol. The molecule has 26 heavy (non-hydrogen) atoms. The molecule has 1 fully saturated rings. The van der Waals surface area contributed by atoms with Crippen molar-refractivity contribution in [3.05, 3.63) is 36.5 Å². The molecule has 2 atom stereocenters. The van der Waals surface area contributed by atoms with E-state index in [-0.39, 0.29) is 6.10 Å². The fourth-order valence-corrected chi connectivity index (χ4v) is 2.95. The van der Waals surface area contributed by atoms with Gasteiger partial charge in [-0.3, -0.25) is 9.88 Å². The molecule has 1 aliphatic heterocycles. The summed E-state index contributed by atoms with van der Waals surface area (Å²) in [5, 5.41) is 1.12. The Kier molecular flexibility index (Phi) is 13.6. The summed E-state index contributed by atoms with van der Waals surface area (Å²) in [4.78, 5) is 6.84. The van der Waals surface area contributed by atoms with Crippen molar-refractivity contribution in [2.45, 2.75) is 67.0 Å². The molecular weight excluding hydrogens is 322 g/mol. The Morgan fingerprint density at radius 3 is 2.38 bits per heavy atom. The maximum atomic E-state index is 6.23. The normalized spacial score (nSPS) is 18.6. The van der Waals surface area contributed by atoms with Gasteiger partial charge in [-0.25, -0.2) is 0 Å². The number of nitrogens with zero attached hydrogens (tertiary/aromatic N) is 2. The molecule has 4 nitrogen and oxygen atoms in total. The molecule has 0 bridgehead atoms. The number of fused-ring (bicyclic) bond motifs is 1. The molecular formula is C22H39N3O. The van der Waals surface area contributed by atoms with Crippen LogP contribution < -0.4 is 10.5 Å². The number of nitrogens with two attached hydrogens (primary N) is 1. The minimum atomic E-state index is 0.217. The number of pyridine rings is 1. The lowest BCUT2D eigenvalue weighted by atomic mass is 10.1. The molecule has 2 heterocycles. The zero-order valence-electron chi connectivity index (χ0n) is 17.8. The van der Waals surface area contributed by atoms with E-state index in [1.807, 2.05) is 65.9 Å². The predicted molar refractivity (Wildman–Crippen MR) is 115 cm³/mol. The minimum Gasteiger partial charge on any atom is -0.486 e. The van der Waals surface area contributed by atoms with Crippen molar-refractivity contribution in [3.8, 4) is 5.75 Å². The van der Waals surface area contributed by atoms with Crippen LogP contribution in [0.5, 0.6) is 5.75 Å². The molecule has 0 amide bonds. The molecule has 2 aromatic rings. The van der Waals surface area contributed by atoms with Gasteiger partial charge in [0.05, 0.1) is 0 Å². The maximum absolute atomic E-state index is 6.23. The molecule has 1 aromatic heterocycles. The topological polar surface area (TPSA) is 51.4 Å². The molecule has 2 unspecified atom stereocenters. The van der Waals surface area contributed by atoms with Crippen molar-refractivity contribution in [2.24, 2.45) is 5.73 Å². The van der Waals surface area contributed by atoms with Gasteiger partial charge in [0.25, 0.3) is 0 Å². The standard InChI is InChI=1S/C16H21N3O.3C2H6/c1-12-14(7-10-19(12)11-8-17)20-15-6-2-4-13-5-3-9-18-16(13)15;3*1-2/h2-6,9,12,14H,7-8,10-11,17H2,1H3;3*1-2H3. The third-order valence-electron chi connectivity index (χ3n) is 4.11. The molecule has 0 aliphatic carbocycles. The van der Waals surface area contributed by atoms with E-state index in [9.17, 15) is 0 Å². The van der Waals surface area contributed by atoms with Crippen molar-refractivity contribution in [3.63, 3.8) is 0 Å². The summed E-state index contributed by atoms with van der Waals surface area (Å²) in [6, 6.07) is 10.5. The van der Waals surface area contributed by atoms with Crippen molar-refractivity contribution in [2.75, 3.05) is 19.6 Å². The number of ether oxygens (including phenoxy) is 1. The van der Waals surface area contributed by atoms with Crippen LogP contribution in [0, 0.1) is 0 Å². The van der Waals surface area contributed by atoms with Crippen LogP contribution in [0.4, 0.5) is 0 Å². The highest BCUT2D eigenvalue weighted by molar-refractivity contribution is 5.84. The second-order valence-electron chi connectivity index (χ2n) is 5.34. The van der Waals surface area contributed by atoms with Gasteiger partial charge in [-0.2, -0.15) is 0 Å². The first-order valence-corrected chi connectivity index (χ1v) is 10.2. The van der Waals surface area contributed by atoms with Crippen LogP contribution >= 0.6 is 0 Å². The smallest absolute Gasteiger partial charge is 0.146 e. The Morgan fingerprint density at radius 2 is 1.73 bits per heavy atom. The highest BCUT2D eigenvalue weighted by atomic mass is 16.5. The van der Waals surface area contributed by atoms with Gasteiger partial charge in [-0.1, -0.05) is 59.7 Å². The molecule has 0 radical (unpaired) electrons. The quantitative estimate of drug-likeness (QED) is 0.822. The molecule has 1 aliphatic rings. The SMILES string of the molecule is CC.CC.CC.CC1C(Oc2cccc3cccnc23)CCN1CCN. The van der Waals surface area contributed by atoms with E-state index < -0.39 is 0 Å². The fraction of sp³-hybridized carbons (Fsp3) is 0.591. The van der Waals surface area contributed by atoms with Crippen LogP contribution in [-0.4, -0.2) is 41.7 Å². The zero-order valence-corrected chi connectivity index (χ0v) is 17.8. The number of hydrogen-bond donors (Lipinski definition) is 1. The molecule has 1 aromatic carbocycles. The van der Waals surface area contributed by atoms with Crippen molar-refractivity contribution in [1.82, 2.24) is 9.88 Å². The lowest BCUT2D eigenvalue weighted by Crippen LogP contribution is -2.37. The van der Waals surface area contributed by atoms with Gasteiger partial charge in [0, 0.05) is 37.3 Å². The summed E-state index contributed by atoms with van der Waals surface area (Å²) < 4.78 is 6.23. The number of likely N-dealkylation sites (tertiary alicyclic amines) is 1. The van der Waals surface area contributed by atoms with Gasteiger partial charge >= 0.3 is 0 Å². The minimum absolute atomic E-state index is 0.217. The van der Waals surface area contributed by atoms with Gasteiger partial charge in [0.2, 0.25) is 0 Å². The number of para-hydroxylation sites is 1. The fourth-order valence-electron chi connectivity index (χ4n) is 2.95. The predicted octanol–water partition coefficient (Wildman–Crippen LogP) is 5.11. The highest BCUT2D eigenvalue weighted by Crippen LogP contribution is 2.28. The van der Waals surface area contributed by atoms with Crippen molar-refractivity contribution >= 4 is 10.9 Å². The van der Waals surface area contributed by atoms with E-state index in [1.165, 1.54) is 0 Å². The summed E-state index contributed by atoms with van der Waals surface area (Å²) >= 11 is 0. The van der Waals surface area contributed by atoms with Crippen LogP contribution in [0.1, 0.15) is 54.9 Å². The Hall–Kier alpha value is -1.65. The average Bonchev–Trinajstić information content (AvgIpc) is 3.07. The molecule has 0 saturated carbocycles. The second kappa shape index (κ2) is 14.5. The van der Waals surface area contributed by atoms with Gasteiger partial charge < -0.3 is 10.5 Å². The molecule has 148 valence electrons. The second-order valence-corrected chi connectivity index (χ2v) is 5.34. The molecule has 3 rings (SSSR count). The summed E-state index contributed by atoms with van der Waals surface area (Å²) in [6.45, 7) is 16.9. The third kappa shape index (κ3) is 6.58. The highest BCUT2D eigenvalue weighted by Gasteiger charge is 2.31. The lowest BCUT2D eigenvalue weighted by Gasteiger charge is -2.24. The first-order valence-electron chi connectivity index (χ1n) is 10.2. The largest absolute Gasteiger partial charge is 0.486 e. The molecule has 4 heteroatoms. The molecule has 2 N–H and O–H groups in total. The number of aromatic nitrogens is 1. The zero-order chi connectivity index (χ0) is 19.9. The van der Waals surface area contributed by atoms with E-state index in [2.05, 4.69) is 28.9 Å². The van der Waals surface area contributed by atoms with E-state index >= 15 is 0 Å². The number of rotatable bonds is 4. The van der Waals surface area contributed by atoms with Crippen LogP contribution in [-0.2, 0) is 0 Å². The Labute approximate surface area is 160 Å². The van der Waals surface area contributed by atoms with E-state index in [1.54, 1.807) is 0 Å². The summed E-state index contributed by atoms with van der Waals surface area (Å²) in [5.74, 6) is 0.884. The first kappa shape index (κ1) is 24.4. The first-order chi connectivity index (χ1) is 12.8. The maximum Gasteiger partial charge on any atom is 0.146 e. The summed E-state index contributed by atoms with van der Waals surface area (Å²) in [5.41, 5.74) is 6.59. The number of benzene rings is 1. The van der Waals surface area contributed by atoms with Crippen molar-refractivity contribution in [1.29, 1.82) is 0 Å². The Balaban J connectivity index is 0.000000948. The molecule has 1 saturated heterocycles. The summed E-state index contributed by atoms with van der Waals surface area (Å²) in [7, 11) is 0. The van der Waals surface area contributed by atoms with E-state index in [0.717, 1.165) is 36.2 Å². The third-order valence-corrected chi connectivity index (χ3v) is 4.11. The summed E-state index contributed by atoms with van der Waals surface area (Å²) in [6.07, 6.45) is 3.08. The van der Waals surface area contributed by atoms with Gasteiger partial charge in [0.15, 0.2) is 0 Å². The molecule has 0 spiro atoms. The monoisotopic (exact) mass is 361 g/mol. The van der Waals surface area contributed by atoms with Gasteiger partial charge in [-0.15, -0.1) is 0 Å². The lowest BCUT2D eigenvalue weighted by molar-refractivity contribution is 0.150. The van der Waals surface area contributed by atoms with Crippen LogP contribution in [0.3, 0.4) is 0 Å². The van der Waals surface area contributed by atoms with Gasteiger partial charge in [0.1, 0.15) is 17.4 Å². The Morgan fingerprint density at radius 1 is 1.08 bits per heavy atom. The number of hydrogen-bond acceptors (Lipinski definition) is 4. The van der Waals surface area contributed by atoms with E-state index in [4.69, 9.17) is 10.5 Å².